The van der Waals surface area contributed by atoms with Gasteiger partial charge in [-0.15, -0.1) is 0 Å². The fourth-order valence-corrected chi connectivity index (χ4v) is 14.4. The highest BCUT2D eigenvalue weighted by molar-refractivity contribution is 6.33. The number of ether oxygens (including phenoxy) is 6. The number of anilines is 2. The first kappa shape index (κ1) is 97.2. The summed E-state index contributed by atoms with van der Waals surface area (Å²) < 4.78 is 34.6. The van der Waals surface area contributed by atoms with Crippen LogP contribution in [0.3, 0.4) is 0 Å². The third-order valence-corrected chi connectivity index (χ3v) is 22.5. The van der Waals surface area contributed by atoms with Gasteiger partial charge >= 0.3 is 0 Å². The first-order valence-electron chi connectivity index (χ1n) is 40.8. The van der Waals surface area contributed by atoms with E-state index >= 15 is 0 Å². The average molecular weight is 1830 g/mol. The lowest BCUT2D eigenvalue weighted by atomic mass is 10.1. The van der Waals surface area contributed by atoms with Gasteiger partial charge in [-0.3, -0.25) is 53.1 Å². The number of nitrogens with one attached hydrogen (secondary N) is 1. The highest BCUT2D eigenvalue weighted by atomic mass is 35.5. The van der Waals surface area contributed by atoms with Gasteiger partial charge in [0.05, 0.1) is 72.8 Å². The van der Waals surface area contributed by atoms with Gasteiger partial charge in [0.2, 0.25) is 0 Å². The molecule has 3 aliphatic heterocycles. The summed E-state index contributed by atoms with van der Waals surface area (Å²) in [5.74, 6) is 0.0924. The van der Waals surface area contributed by atoms with E-state index in [0.717, 1.165) is 72.8 Å². The SMILES string of the molecule is C.CCOc1cccc(OCc2ccccc2)c1C(=O)N(C)c1ccc(Cl)c(C)c1.CCOc1cccc(OCc2ccccc2)c1C(=O)Nc1ccc(Cl)c(C)c1.CCOc1cccc2c1C(=O)N(Cc1ccc(Cl)c(C)c1)C2=O.Cc1cc(CN2C(=O)c3cccc(O)c3C2=O)ccc1Cl.Cc1cc(CN2C(=O)c3cccc(OCCN(C)C)c3C2=O)ccc1Cl. The number of fused-ring (bicyclic) bond motifs is 3. The Kier molecular flexibility index (Phi) is 34.5. The molecule has 2 N–H and O–H groups in total. The van der Waals surface area contributed by atoms with Crippen molar-refractivity contribution in [3.63, 3.8) is 0 Å². The van der Waals surface area contributed by atoms with E-state index in [2.05, 4.69) is 5.32 Å². The highest BCUT2D eigenvalue weighted by Gasteiger charge is 2.41. The number of hydrogen-bond donors (Lipinski definition) is 2. The Bertz CT molecular complexity index is 6070. The van der Waals surface area contributed by atoms with E-state index in [9.17, 15) is 43.5 Å². The van der Waals surface area contributed by atoms with Crippen molar-refractivity contribution in [3.05, 3.63) is 368 Å². The molecule has 15 rings (SSSR count). The van der Waals surface area contributed by atoms with Gasteiger partial charge < -0.3 is 48.6 Å². The maximum absolute atomic E-state index is 13.4. The van der Waals surface area contributed by atoms with Crippen molar-refractivity contribution in [1.29, 1.82) is 0 Å². The van der Waals surface area contributed by atoms with Crippen molar-refractivity contribution in [2.24, 2.45) is 0 Å². The molecule has 0 fully saturated rings. The minimum atomic E-state index is -0.472. The van der Waals surface area contributed by atoms with Crippen molar-refractivity contribution in [2.45, 2.75) is 95.7 Å². The van der Waals surface area contributed by atoms with Crippen LogP contribution in [0.5, 0.6) is 40.2 Å². The lowest BCUT2D eigenvalue weighted by Crippen LogP contribution is -2.29. The summed E-state index contributed by atoms with van der Waals surface area (Å²) in [5, 5.41) is 15.9. The van der Waals surface area contributed by atoms with E-state index in [-0.39, 0.29) is 79.4 Å². The maximum atomic E-state index is 13.4. The van der Waals surface area contributed by atoms with Crippen LogP contribution in [0.1, 0.15) is 167 Å². The predicted octanol–water partition coefficient (Wildman–Crippen LogP) is 22.8. The summed E-state index contributed by atoms with van der Waals surface area (Å²) in [6, 6.07) is 72.3. The number of aryl methyl sites for hydroxylation is 5. The molecule has 3 heterocycles. The number of rotatable bonds is 26. The van der Waals surface area contributed by atoms with Gasteiger partial charge in [0.15, 0.2) is 0 Å². The molecule has 0 atom stereocenters. The van der Waals surface area contributed by atoms with Gasteiger partial charge in [0.25, 0.3) is 47.3 Å². The van der Waals surface area contributed by atoms with E-state index in [1.807, 2.05) is 196 Å². The normalized spacial score (nSPS) is 12.1. The topological polar surface area (TPSA) is 240 Å². The first-order chi connectivity index (χ1) is 61.0. The van der Waals surface area contributed by atoms with Crippen molar-refractivity contribution in [1.82, 2.24) is 19.6 Å². The molecular weight excluding hydrogens is 1730 g/mol. The Morgan fingerprint density at radius 1 is 0.359 bits per heavy atom. The van der Waals surface area contributed by atoms with E-state index in [4.69, 9.17) is 86.4 Å². The summed E-state index contributed by atoms with van der Waals surface area (Å²) in [6.45, 7) is 18.9. The van der Waals surface area contributed by atoms with Crippen molar-refractivity contribution in [3.8, 4) is 40.2 Å². The van der Waals surface area contributed by atoms with Gasteiger partial charge in [-0.25, -0.2) is 0 Å². The largest absolute Gasteiger partial charge is 0.507 e. The molecule has 12 aromatic carbocycles. The first-order valence-corrected chi connectivity index (χ1v) is 42.7. The molecule has 662 valence electrons. The molecule has 26 heteroatoms. The van der Waals surface area contributed by atoms with Crippen LogP contribution in [0.15, 0.2) is 243 Å². The monoisotopic (exact) mass is 1820 g/mol. The number of carbonyl (C=O) groups excluding carboxylic acids is 8. The van der Waals surface area contributed by atoms with Crippen LogP contribution in [0.25, 0.3) is 0 Å². The number of imide groups is 3. The molecule has 0 aliphatic carbocycles. The summed E-state index contributed by atoms with van der Waals surface area (Å²) in [4.78, 5) is 109. The zero-order valence-electron chi connectivity index (χ0n) is 72.0. The number of halogens is 5. The van der Waals surface area contributed by atoms with E-state index in [0.29, 0.717) is 138 Å². The number of phenolic OH excluding ortho intramolecular Hbond substituents is 1. The zero-order valence-corrected chi connectivity index (χ0v) is 75.7. The van der Waals surface area contributed by atoms with Gasteiger partial charge in [0, 0.05) is 50.1 Å². The standard InChI is InChI=1S/C24H24ClNO3.C23H22ClNO3.C20H21ClN2O3.C18H16ClNO3.C16H12ClNO3.CH4/c1-4-28-21-11-8-12-22(29-16-18-9-6-5-7-10-18)23(21)24(27)26(3)19-13-14-20(25)17(2)15-19;1-3-27-20-10-7-11-21(28-15-17-8-5-4-6-9-17)22(20)23(26)25-18-12-13-19(24)16(2)14-18;1-13-11-14(7-8-16(13)21)12-23-19(24)15-5-4-6-17(18(15)20(23)25)26-10-9-22(2)3;1-3-23-15-6-4-5-13-16(15)18(22)20(17(13)21)10-12-7-8-14(19)11(2)9-12;1-9-7-10(5-6-12(9)17)8-18-15(20)11-3-2-4-13(19)14(11)16(18)21;/h5-15H,4,16H2,1-3H3;4-14H,3,15H2,1-2H3,(H,25,26);4-8,11H,9-10,12H2,1-3H3;4-9H,3,10H2,1-2H3;2-7,19H,8H2,1H3;1H4. The number of benzene rings is 12. The van der Waals surface area contributed by atoms with Crippen LogP contribution in [0.2, 0.25) is 25.1 Å². The molecule has 0 unspecified atom stereocenters. The molecule has 128 heavy (non-hydrogen) atoms. The fraction of sp³-hybridized carbons (Fsp3) is 0.216. The van der Waals surface area contributed by atoms with Crippen LogP contribution in [-0.2, 0) is 32.8 Å². The second-order valence-corrected chi connectivity index (χ2v) is 31.9. The van der Waals surface area contributed by atoms with Crippen molar-refractivity contribution >= 4 is 117 Å². The summed E-state index contributed by atoms with van der Waals surface area (Å²) in [5.41, 5.74) is 13.1. The Hall–Kier alpha value is -13.0. The van der Waals surface area contributed by atoms with Crippen molar-refractivity contribution in [2.75, 3.05) is 64.3 Å². The Morgan fingerprint density at radius 3 is 1.11 bits per heavy atom. The Labute approximate surface area is 771 Å². The van der Waals surface area contributed by atoms with Crippen molar-refractivity contribution < 1.29 is 71.9 Å². The summed E-state index contributed by atoms with van der Waals surface area (Å²) in [7, 11) is 5.63. The fourth-order valence-electron chi connectivity index (χ4n) is 13.8. The van der Waals surface area contributed by atoms with Crippen LogP contribution < -0.4 is 38.6 Å². The molecule has 0 saturated heterocycles. The summed E-state index contributed by atoms with van der Waals surface area (Å²) in [6.07, 6.45) is 0. The minimum absolute atomic E-state index is 0. The van der Waals surface area contributed by atoms with Crippen LogP contribution in [0.4, 0.5) is 11.4 Å². The van der Waals surface area contributed by atoms with E-state index in [1.165, 1.54) is 15.9 Å². The molecule has 8 amide bonds. The molecule has 0 spiro atoms. The molecule has 0 saturated carbocycles. The van der Waals surface area contributed by atoms with Crippen LogP contribution in [0, 0.1) is 34.6 Å². The molecule has 3 aliphatic rings. The Balaban J connectivity index is 0.000000167. The molecule has 12 aromatic rings. The second kappa shape index (κ2) is 45.4. The summed E-state index contributed by atoms with van der Waals surface area (Å²) >= 11 is 30.2. The molecular formula is C102H99Cl5N6O15. The minimum Gasteiger partial charge on any atom is -0.507 e. The van der Waals surface area contributed by atoms with Gasteiger partial charge in [-0.1, -0.05) is 193 Å². The van der Waals surface area contributed by atoms with Crippen LogP contribution >= 0.6 is 58.0 Å². The van der Waals surface area contributed by atoms with Gasteiger partial charge in [0.1, 0.15) is 71.2 Å². The number of carbonyl (C=O) groups is 8. The van der Waals surface area contributed by atoms with Gasteiger partial charge in [-0.2, -0.15) is 0 Å². The molecule has 0 radical (unpaired) electrons. The number of aromatic hydroxyl groups is 1. The van der Waals surface area contributed by atoms with E-state index in [1.54, 1.807) is 127 Å². The quantitative estimate of drug-likeness (QED) is 0.0479. The van der Waals surface area contributed by atoms with Crippen LogP contribution in [-0.4, -0.2) is 126 Å². The predicted molar refractivity (Wildman–Crippen MR) is 504 cm³/mol. The number of phenols is 1. The molecule has 0 bridgehead atoms. The second-order valence-electron chi connectivity index (χ2n) is 29.9. The average Bonchev–Trinajstić information content (AvgIpc) is 1.64. The van der Waals surface area contributed by atoms with E-state index < -0.39 is 11.8 Å². The number of amides is 8. The number of hydrogen-bond acceptors (Lipinski definition) is 16. The third-order valence-electron chi connectivity index (χ3n) is 20.4. The maximum Gasteiger partial charge on any atom is 0.265 e. The lowest BCUT2D eigenvalue weighted by Gasteiger charge is -2.22. The number of nitrogens with zero attached hydrogens (tertiary/aromatic N) is 5. The highest BCUT2D eigenvalue weighted by Crippen LogP contribution is 2.39. The number of likely N-dealkylation sites (N-methyl/N-ethyl adjacent to an activating group) is 1. The van der Waals surface area contributed by atoms with Gasteiger partial charge in [-0.05, 0) is 240 Å². The third kappa shape index (κ3) is 24.0. The zero-order chi connectivity index (χ0) is 91.3. The lowest BCUT2D eigenvalue weighted by molar-refractivity contribution is 0.0625. The smallest absolute Gasteiger partial charge is 0.265 e. The molecule has 21 nitrogen and oxygen atoms in total. The molecule has 0 aromatic heterocycles. The Morgan fingerprint density at radius 2 is 0.703 bits per heavy atom.